The molecule has 0 fully saturated rings. The van der Waals surface area contributed by atoms with Gasteiger partial charge in [0.05, 0.1) is 0 Å². The van der Waals surface area contributed by atoms with E-state index >= 15 is 0 Å². The first-order chi connectivity index (χ1) is 5.99. The predicted molar refractivity (Wildman–Crippen MR) is 44.2 cm³/mol. The molecule has 0 amide bonds. The highest BCUT2D eigenvalue weighted by atomic mass is 31.2. The summed E-state index contributed by atoms with van der Waals surface area (Å²) in [6, 6.07) is 8.32. The maximum Gasteiger partial charge on any atom is 0.124 e. The van der Waals surface area contributed by atoms with Crippen LogP contribution in [0.4, 0.5) is 0 Å². The van der Waals surface area contributed by atoms with Crippen LogP contribution in [0, 0.1) is 0 Å². The molecule has 0 unspecified atom stereocenters. The summed E-state index contributed by atoms with van der Waals surface area (Å²) >= 11 is 0. The van der Waals surface area contributed by atoms with Gasteiger partial charge in [0.1, 0.15) is 13.6 Å². The van der Waals surface area contributed by atoms with Crippen LogP contribution in [0.5, 0.6) is 0 Å². The van der Waals surface area contributed by atoms with Crippen LogP contribution in [0.2, 0.25) is 0 Å². The van der Waals surface area contributed by atoms with Crippen LogP contribution in [0.15, 0.2) is 36.9 Å². The highest BCUT2D eigenvalue weighted by Crippen LogP contribution is 2.32. The van der Waals surface area contributed by atoms with Gasteiger partial charge in [-0.15, -0.1) is 0 Å². The Morgan fingerprint density at radius 1 is 1.31 bits per heavy atom. The molecule has 5 heteroatoms. The molecule has 0 saturated carbocycles. The van der Waals surface area contributed by atoms with Crippen molar-refractivity contribution in [2.45, 2.75) is 0 Å². The Hall–Kier alpha value is -1.09. The summed E-state index contributed by atoms with van der Waals surface area (Å²) in [5.41, 5.74) is 0.467. The number of phosphoric ester groups is 1. The maximum absolute atomic E-state index is 10.2. The summed E-state index contributed by atoms with van der Waals surface area (Å²) in [6.07, 6.45) is 0. The first kappa shape index (κ1) is 9.99. The molecule has 0 aliphatic rings. The minimum atomic E-state index is -4.99. The summed E-state index contributed by atoms with van der Waals surface area (Å²) in [5.74, 6) is -0.158. The Morgan fingerprint density at radius 2 is 1.85 bits per heavy atom. The number of benzene rings is 1. The highest BCUT2D eigenvalue weighted by molar-refractivity contribution is 7.43. The molecule has 1 aromatic carbocycles. The molecule has 70 valence electrons. The quantitative estimate of drug-likeness (QED) is 0.523. The van der Waals surface area contributed by atoms with Crippen molar-refractivity contribution in [1.29, 1.82) is 0 Å². The maximum atomic E-state index is 10.2. The zero-order chi connectivity index (χ0) is 9.90. The Bertz CT molecular complexity index is 340. The molecule has 0 atom stereocenters. The molecule has 0 aliphatic heterocycles. The normalized spacial score (nSPS) is 10.9. The molecule has 0 radical (unpaired) electrons. The van der Waals surface area contributed by atoms with E-state index in [4.69, 9.17) is 0 Å². The van der Waals surface area contributed by atoms with E-state index in [1.807, 2.05) is 0 Å². The van der Waals surface area contributed by atoms with E-state index in [-0.39, 0.29) is 5.76 Å². The second-order valence-electron chi connectivity index (χ2n) is 2.33. The highest BCUT2D eigenvalue weighted by Gasteiger charge is 1.99. The molecular weight excluding hydrogens is 191 g/mol. The van der Waals surface area contributed by atoms with Crippen molar-refractivity contribution in [3.63, 3.8) is 0 Å². The molecule has 0 spiro atoms. The number of hydrogen-bond donors (Lipinski definition) is 0. The Balaban J connectivity index is 2.76. The smallest absolute Gasteiger partial charge is 0.124 e. The topological polar surface area (TPSA) is 72.4 Å². The van der Waals surface area contributed by atoms with Crippen molar-refractivity contribution in [1.82, 2.24) is 0 Å². The lowest BCUT2D eigenvalue weighted by molar-refractivity contribution is -0.336. The molecule has 4 nitrogen and oxygen atoms in total. The van der Waals surface area contributed by atoms with Gasteiger partial charge in [0.25, 0.3) is 0 Å². The van der Waals surface area contributed by atoms with Crippen LogP contribution >= 0.6 is 7.82 Å². The van der Waals surface area contributed by atoms with Gasteiger partial charge in [-0.05, 0) is 0 Å². The average molecular weight is 198 g/mol. The van der Waals surface area contributed by atoms with Crippen LogP contribution in [0.1, 0.15) is 5.56 Å². The van der Waals surface area contributed by atoms with E-state index < -0.39 is 7.82 Å². The standard InChI is InChI=1S/C8H9O4P/c1-7(12-13(9,10)11)8-5-3-2-4-6-8/h2-6H,1H2,(H2,9,10,11)/p-2. The van der Waals surface area contributed by atoms with E-state index in [0.29, 0.717) is 5.56 Å². The molecule has 13 heavy (non-hydrogen) atoms. The van der Waals surface area contributed by atoms with E-state index in [1.165, 1.54) is 0 Å². The van der Waals surface area contributed by atoms with Crippen LogP contribution in [-0.2, 0) is 9.09 Å². The van der Waals surface area contributed by atoms with Gasteiger partial charge in [0.15, 0.2) is 0 Å². The lowest BCUT2D eigenvalue weighted by atomic mass is 10.2. The van der Waals surface area contributed by atoms with Crippen LogP contribution in [0.25, 0.3) is 5.76 Å². The molecule has 0 aromatic heterocycles. The fourth-order valence-electron chi connectivity index (χ4n) is 0.812. The molecule has 0 heterocycles. The third kappa shape index (κ3) is 3.42. The van der Waals surface area contributed by atoms with Gasteiger partial charge in [0, 0.05) is 5.56 Å². The lowest BCUT2D eigenvalue weighted by Gasteiger charge is -2.29. The fraction of sp³-hybridized carbons (Fsp3) is 0. The molecule has 0 saturated heterocycles. The predicted octanol–water partition coefficient (Wildman–Crippen LogP) is 0.503. The Labute approximate surface area is 75.7 Å². The number of rotatable bonds is 3. The van der Waals surface area contributed by atoms with E-state index in [2.05, 4.69) is 11.1 Å². The Kier molecular flexibility index (Phi) is 2.88. The zero-order valence-electron chi connectivity index (χ0n) is 6.67. The van der Waals surface area contributed by atoms with Gasteiger partial charge < -0.3 is 18.9 Å². The van der Waals surface area contributed by atoms with Crippen molar-refractivity contribution >= 4 is 13.6 Å². The SMILES string of the molecule is C=C(OP(=O)([O-])[O-])c1ccccc1. The molecule has 0 N–H and O–H groups in total. The van der Waals surface area contributed by atoms with Crippen LogP contribution < -0.4 is 9.79 Å². The van der Waals surface area contributed by atoms with Gasteiger partial charge in [-0.2, -0.15) is 0 Å². The van der Waals surface area contributed by atoms with Crippen molar-refractivity contribution < 1.29 is 18.9 Å². The van der Waals surface area contributed by atoms with E-state index in [0.717, 1.165) is 0 Å². The molecule has 0 aliphatic carbocycles. The van der Waals surface area contributed by atoms with E-state index in [9.17, 15) is 14.4 Å². The van der Waals surface area contributed by atoms with Gasteiger partial charge >= 0.3 is 0 Å². The first-order valence-corrected chi connectivity index (χ1v) is 4.91. The minimum Gasteiger partial charge on any atom is -0.780 e. The van der Waals surface area contributed by atoms with Gasteiger partial charge in [-0.3, -0.25) is 0 Å². The lowest BCUT2D eigenvalue weighted by Crippen LogP contribution is -2.15. The second-order valence-corrected chi connectivity index (χ2v) is 3.40. The second kappa shape index (κ2) is 3.75. The molecular formula is C8H7O4P-2. The summed E-state index contributed by atoms with van der Waals surface area (Å²) in [4.78, 5) is 20.4. The van der Waals surface area contributed by atoms with Gasteiger partial charge in [-0.1, -0.05) is 36.9 Å². The van der Waals surface area contributed by atoms with Crippen molar-refractivity contribution in [2.24, 2.45) is 0 Å². The number of phosphoric acid groups is 1. The average Bonchev–Trinajstić information content (AvgIpc) is 2.03. The van der Waals surface area contributed by atoms with Crippen LogP contribution in [-0.4, -0.2) is 0 Å². The van der Waals surface area contributed by atoms with Gasteiger partial charge in [0.2, 0.25) is 0 Å². The first-order valence-electron chi connectivity index (χ1n) is 3.45. The van der Waals surface area contributed by atoms with Crippen molar-refractivity contribution in [3.8, 4) is 0 Å². The van der Waals surface area contributed by atoms with E-state index in [1.54, 1.807) is 30.3 Å². The minimum absolute atomic E-state index is 0.158. The molecule has 0 bridgehead atoms. The number of hydrogen-bond acceptors (Lipinski definition) is 4. The molecule has 1 aromatic rings. The monoisotopic (exact) mass is 198 g/mol. The zero-order valence-corrected chi connectivity index (χ0v) is 7.57. The fourth-order valence-corrected chi connectivity index (χ4v) is 1.19. The summed E-state index contributed by atoms with van der Waals surface area (Å²) < 4.78 is 14.3. The van der Waals surface area contributed by atoms with Crippen molar-refractivity contribution in [2.75, 3.05) is 0 Å². The Morgan fingerprint density at radius 3 is 2.31 bits per heavy atom. The molecule has 1 rings (SSSR count). The van der Waals surface area contributed by atoms with Crippen molar-refractivity contribution in [3.05, 3.63) is 42.5 Å². The van der Waals surface area contributed by atoms with Gasteiger partial charge in [-0.25, -0.2) is 0 Å². The summed E-state index contributed by atoms with van der Waals surface area (Å²) in [7, 11) is -4.99. The largest absolute Gasteiger partial charge is 0.780 e. The summed E-state index contributed by atoms with van der Waals surface area (Å²) in [5, 5.41) is 0. The summed E-state index contributed by atoms with van der Waals surface area (Å²) in [6.45, 7) is 3.32. The van der Waals surface area contributed by atoms with Crippen LogP contribution in [0.3, 0.4) is 0 Å². The third-order valence-electron chi connectivity index (χ3n) is 1.32. The third-order valence-corrected chi connectivity index (χ3v) is 1.76.